The summed E-state index contributed by atoms with van der Waals surface area (Å²) in [5.74, 6) is -1.50. The van der Waals surface area contributed by atoms with Crippen LogP contribution in [0, 0.1) is 0 Å². The van der Waals surface area contributed by atoms with Gasteiger partial charge in [-0.15, -0.1) is 0 Å². The molecule has 1 fully saturated rings. The molecular formula is C11H10ClN3O3. The second-order valence-corrected chi connectivity index (χ2v) is 4.25. The maximum Gasteiger partial charge on any atom is 0.273 e. The molecule has 1 aromatic rings. The highest BCUT2D eigenvalue weighted by Crippen LogP contribution is 2.12. The normalized spacial score (nSPS) is 19.7. The summed E-state index contributed by atoms with van der Waals surface area (Å²) < 4.78 is 0. The van der Waals surface area contributed by atoms with Crippen LogP contribution in [0.1, 0.15) is 17.4 Å². The highest BCUT2D eigenvalue weighted by Gasteiger charge is 2.34. The zero-order valence-electron chi connectivity index (χ0n) is 9.51. The van der Waals surface area contributed by atoms with Crippen molar-refractivity contribution in [3.8, 4) is 0 Å². The zero-order chi connectivity index (χ0) is 13.3. The number of nitrogens with one attached hydrogen (secondary N) is 1. The summed E-state index contributed by atoms with van der Waals surface area (Å²) in [4.78, 5) is 39.9. The Morgan fingerprint density at radius 3 is 2.89 bits per heavy atom. The van der Waals surface area contributed by atoms with E-state index in [1.807, 2.05) is 0 Å². The first-order valence-corrected chi connectivity index (χ1v) is 5.64. The second-order valence-electron chi connectivity index (χ2n) is 3.87. The zero-order valence-corrected chi connectivity index (χ0v) is 10.3. The molecule has 2 rings (SSSR count). The SMILES string of the molecule is CC1C(=O)NC(=O)CN1C(=O)c1cccc(Cl)n1. The maximum atomic E-state index is 12.1. The van der Waals surface area contributed by atoms with Gasteiger partial charge in [-0.25, -0.2) is 4.98 Å². The second kappa shape index (κ2) is 4.73. The molecule has 0 bridgehead atoms. The van der Waals surface area contributed by atoms with Crippen molar-refractivity contribution in [3.63, 3.8) is 0 Å². The molecule has 3 amide bonds. The fraction of sp³-hybridized carbons (Fsp3) is 0.273. The fourth-order valence-electron chi connectivity index (χ4n) is 1.64. The van der Waals surface area contributed by atoms with Crippen LogP contribution < -0.4 is 5.32 Å². The summed E-state index contributed by atoms with van der Waals surface area (Å²) in [6.07, 6.45) is 0. The van der Waals surface area contributed by atoms with Crippen molar-refractivity contribution in [2.24, 2.45) is 0 Å². The number of hydrogen-bond donors (Lipinski definition) is 1. The van der Waals surface area contributed by atoms with Gasteiger partial charge in [0.05, 0.1) is 0 Å². The predicted molar refractivity (Wildman–Crippen MR) is 62.9 cm³/mol. The van der Waals surface area contributed by atoms with E-state index in [0.29, 0.717) is 0 Å². The first kappa shape index (κ1) is 12.5. The molecule has 1 aromatic heterocycles. The van der Waals surface area contributed by atoms with Gasteiger partial charge in [0.25, 0.3) is 5.91 Å². The standard InChI is InChI=1S/C11H10ClN3O3/c1-6-10(17)14-9(16)5-15(6)11(18)7-3-2-4-8(12)13-7/h2-4,6H,5H2,1H3,(H,14,16,17). The summed E-state index contributed by atoms with van der Waals surface area (Å²) >= 11 is 5.69. The van der Waals surface area contributed by atoms with Gasteiger partial charge in [-0.1, -0.05) is 17.7 Å². The number of carbonyl (C=O) groups is 3. The van der Waals surface area contributed by atoms with Crippen molar-refractivity contribution in [2.75, 3.05) is 6.54 Å². The van der Waals surface area contributed by atoms with Gasteiger partial charge in [0.2, 0.25) is 11.8 Å². The number of carbonyl (C=O) groups excluding carboxylic acids is 3. The Morgan fingerprint density at radius 1 is 1.50 bits per heavy atom. The van der Waals surface area contributed by atoms with Crippen LogP contribution in [0.3, 0.4) is 0 Å². The predicted octanol–water partition coefficient (Wildman–Crippen LogP) is 0.222. The van der Waals surface area contributed by atoms with E-state index in [-0.39, 0.29) is 17.4 Å². The van der Waals surface area contributed by atoms with E-state index in [9.17, 15) is 14.4 Å². The van der Waals surface area contributed by atoms with Crippen molar-refractivity contribution in [3.05, 3.63) is 29.0 Å². The summed E-state index contributed by atoms with van der Waals surface area (Å²) in [6.45, 7) is 1.38. The Kier molecular flexibility index (Phi) is 3.29. The molecule has 6 nitrogen and oxygen atoms in total. The molecule has 1 atom stereocenters. The van der Waals surface area contributed by atoms with Crippen LogP contribution in [0.2, 0.25) is 5.15 Å². The van der Waals surface area contributed by atoms with Crippen molar-refractivity contribution >= 4 is 29.3 Å². The van der Waals surface area contributed by atoms with Crippen LogP contribution in [0.15, 0.2) is 18.2 Å². The third kappa shape index (κ3) is 2.33. The molecule has 18 heavy (non-hydrogen) atoms. The molecule has 94 valence electrons. The van der Waals surface area contributed by atoms with Crippen LogP contribution in [0.25, 0.3) is 0 Å². The Morgan fingerprint density at radius 2 is 2.22 bits per heavy atom. The summed E-state index contributed by atoms with van der Waals surface area (Å²) in [6, 6.07) is 3.89. The number of rotatable bonds is 1. The fourth-order valence-corrected chi connectivity index (χ4v) is 1.80. The molecule has 1 unspecified atom stereocenters. The Hall–Kier alpha value is -1.95. The van der Waals surface area contributed by atoms with Crippen molar-refractivity contribution in [1.29, 1.82) is 0 Å². The van der Waals surface area contributed by atoms with Crippen LogP contribution in [-0.4, -0.2) is 40.2 Å². The Balaban J connectivity index is 2.27. The third-order valence-electron chi connectivity index (χ3n) is 2.62. The summed E-state index contributed by atoms with van der Waals surface area (Å²) in [7, 11) is 0. The molecule has 1 aliphatic rings. The minimum Gasteiger partial charge on any atom is -0.316 e. The van der Waals surface area contributed by atoms with Crippen LogP contribution in [0.5, 0.6) is 0 Å². The summed E-state index contributed by atoms with van der Waals surface area (Å²) in [5, 5.41) is 2.34. The maximum absolute atomic E-state index is 12.1. The minimum absolute atomic E-state index is 0.108. The van der Waals surface area contributed by atoms with E-state index in [0.717, 1.165) is 0 Å². The van der Waals surface area contributed by atoms with E-state index >= 15 is 0 Å². The third-order valence-corrected chi connectivity index (χ3v) is 2.83. The minimum atomic E-state index is -0.712. The first-order chi connectivity index (χ1) is 8.49. The number of halogens is 1. The number of piperazine rings is 1. The molecule has 0 spiro atoms. The topological polar surface area (TPSA) is 79.4 Å². The molecule has 1 saturated heterocycles. The van der Waals surface area contributed by atoms with Crippen molar-refractivity contribution in [2.45, 2.75) is 13.0 Å². The molecule has 0 aliphatic carbocycles. The van der Waals surface area contributed by atoms with Gasteiger partial charge < -0.3 is 4.90 Å². The lowest BCUT2D eigenvalue weighted by Crippen LogP contribution is -2.58. The largest absolute Gasteiger partial charge is 0.316 e. The lowest BCUT2D eigenvalue weighted by molar-refractivity contribution is -0.138. The number of hydrogen-bond acceptors (Lipinski definition) is 4. The Labute approximate surface area is 108 Å². The quantitative estimate of drug-likeness (QED) is 0.583. The summed E-state index contributed by atoms with van der Waals surface area (Å²) in [5.41, 5.74) is 0.108. The lowest BCUT2D eigenvalue weighted by Gasteiger charge is -2.31. The van der Waals surface area contributed by atoms with Gasteiger partial charge in [-0.2, -0.15) is 0 Å². The van der Waals surface area contributed by atoms with E-state index < -0.39 is 23.8 Å². The van der Waals surface area contributed by atoms with Gasteiger partial charge in [0, 0.05) is 0 Å². The van der Waals surface area contributed by atoms with E-state index in [1.54, 1.807) is 13.0 Å². The average molecular weight is 268 g/mol. The van der Waals surface area contributed by atoms with Gasteiger partial charge in [-0.05, 0) is 19.1 Å². The van der Waals surface area contributed by atoms with E-state index in [2.05, 4.69) is 10.3 Å². The monoisotopic (exact) mass is 267 g/mol. The van der Waals surface area contributed by atoms with Gasteiger partial charge >= 0.3 is 0 Å². The van der Waals surface area contributed by atoms with Gasteiger partial charge in [0.15, 0.2) is 0 Å². The van der Waals surface area contributed by atoms with Crippen LogP contribution in [-0.2, 0) is 9.59 Å². The Bertz CT molecular complexity index is 532. The van der Waals surface area contributed by atoms with Crippen LogP contribution >= 0.6 is 11.6 Å². The number of imide groups is 1. The van der Waals surface area contributed by atoms with Crippen molar-refractivity contribution in [1.82, 2.24) is 15.2 Å². The molecule has 0 radical (unpaired) electrons. The van der Waals surface area contributed by atoms with Gasteiger partial charge in [0.1, 0.15) is 23.4 Å². The van der Waals surface area contributed by atoms with E-state index in [1.165, 1.54) is 17.0 Å². The molecule has 1 aliphatic heterocycles. The lowest BCUT2D eigenvalue weighted by atomic mass is 10.2. The number of pyridine rings is 1. The molecule has 0 saturated carbocycles. The molecule has 1 N–H and O–H groups in total. The molecule has 7 heteroatoms. The first-order valence-electron chi connectivity index (χ1n) is 5.26. The number of nitrogens with zero attached hydrogens (tertiary/aromatic N) is 2. The van der Waals surface area contributed by atoms with Gasteiger partial charge in [-0.3, -0.25) is 19.7 Å². The molecule has 2 heterocycles. The van der Waals surface area contributed by atoms with Crippen molar-refractivity contribution < 1.29 is 14.4 Å². The van der Waals surface area contributed by atoms with E-state index in [4.69, 9.17) is 11.6 Å². The highest BCUT2D eigenvalue weighted by atomic mass is 35.5. The van der Waals surface area contributed by atoms with Crippen LogP contribution in [0.4, 0.5) is 0 Å². The average Bonchev–Trinajstić information content (AvgIpc) is 2.33. The smallest absolute Gasteiger partial charge is 0.273 e. The molecular weight excluding hydrogens is 258 g/mol. The number of aromatic nitrogens is 1. The number of amides is 3. The molecule has 0 aromatic carbocycles. The highest BCUT2D eigenvalue weighted by molar-refractivity contribution is 6.29.